The van der Waals surface area contributed by atoms with E-state index in [0.29, 0.717) is 11.8 Å². The number of aryl methyl sites for hydroxylation is 4. The zero-order valence-corrected chi connectivity index (χ0v) is 32.3. The molecule has 0 aliphatic carbocycles. The number of imidazole rings is 1. The molecule has 0 aliphatic rings. The van der Waals surface area contributed by atoms with E-state index < -0.39 is 6.85 Å². The normalized spacial score (nSPS) is 12.5. The number of benzene rings is 4. The fraction of sp³-hybridized carbons (Fsp3) is 0.222. The van der Waals surface area contributed by atoms with Crippen molar-refractivity contribution in [2.45, 2.75) is 67.2 Å². The van der Waals surface area contributed by atoms with Crippen molar-refractivity contribution in [2.24, 2.45) is 0 Å². The van der Waals surface area contributed by atoms with Gasteiger partial charge in [0.05, 0.1) is 28.1 Å². The molecule has 0 bridgehead atoms. The molecule has 0 spiro atoms. The van der Waals surface area contributed by atoms with Crippen LogP contribution in [0.5, 0.6) is 0 Å². The minimum atomic E-state index is -2.09. The Hall–Kier alpha value is -4.90. The molecule has 51 heavy (non-hydrogen) atoms. The van der Waals surface area contributed by atoms with Crippen LogP contribution in [0.3, 0.4) is 0 Å². The summed E-state index contributed by atoms with van der Waals surface area (Å²) in [6, 6.07) is 36.2. The molecule has 0 unspecified atom stereocenters. The molecule has 4 aromatic heterocycles. The maximum absolute atomic E-state index is 7.23. The molecule has 1 radical (unpaired) electrons. The molecule has 4 aromatic carbocycles. The van der Waals surface area contributed by atoms with E-state index in [1.807, 2.05) is 36.4 Å². The van der Waals surface area contributed by atoms with E-state index >= 15 is 0 Å². The van der Waals surface area contributed by atoms with Gasteiger partial charge in [0.1, 0.15) is 5.58 Å². The average molecular weight is 850 g/mol. The molecule has 0 fully saturated rings. The van der Waals surface area contributed by atoms with Gasteiger partial charge < -0.3 is 14.0 Å². The second-order valence-electron chi connectivity index (χ2n) is 13.4. The summed E-state index contributed by atoms with van der Waals surface area (Å²) >= 11 is 0. The molecule has 0 N–H and O–H groups in total. The van der Waals surface area contributed by atoms with Crippen LogP contribution in [-0.4, -0.2) is 19.5 Å². The molecule has 5 nitrogen and oxygen atoms in total. The van der Waals surface area contributed by atoms with E-state index in [-0.39, 0.29) is 25.7 Å². The number of pyridine rings is 2. The van der Waals surface area contributed by atoms with Crippen LogP contribution in [0, 0.1) is 39.8 Å². The molecule has 0 saturated heterocycles. The number of nitrogens with zero attached hydrogens (tertiary/aromatic N) is 4. The smallest absolute Gasteiger partial charge is 0.120 e. The van der Waals surface area contributed by atoms with Crippen molar-refractivity contribution in [1.82, 2.24) is 19.5 Å². The SMILES string of the molecule is Cc1nc(C)c2c(nc(-c3[c-]ccc4c3oc3ccccc34)n2-c2c(C(C)C)cccc2C(C)C)c1C.[2H]C([2H])([2H])c1ccc(-c2[c-]cccc2)nc1.[Ir]. The third-order valence-electron chi connectivity index (χ3n) is 9.33. The molecular formula is C45H42IrN4O-2. The fourth-order valence-corrected chi connectivity index (χ4v) is 6.69. The van der Waals surface area contributed by atoms with E-state index in [2.05, 4.69) is 107 Å². The molecule has 0 amide bonds. The predicted molar refractivity (Wildman–Crippen MR) is 206 cm³/mol. The van der Waals surface area contributed by atoms with Crippen molar-refractivity contribution >= 4 is 33.0 Å². The third-order valence-corrected chi connectivity index (χ3v) is 9.33. The first-order valence-electron chi connectivity index (χ1n) is 18.6. The number of fused-ring (bicyclic) bond motifs is 4. The summed E-state index contributed by atoms with van der Waals surface area (Å²) < 4.78 is 30.5. The molecule has 8 aromatic rings. The van der Waals surface area contributed by atoms with Gasteiger partial charge >= 0.3 is 0 Å². The largest absolute Gasteiger partial charge is 0.501 e. The van der Waals surface area contributed by atoms with Crippen molar-refractivity contribution < 1.29 is 28.6 Å². The van der Waals surface area contributed by atoms with Crippen LogP contribution in [0.25, 0.3) is 61.3 Å². The summed E-state index contributed by atoms with van der Waals surface area (Å²) in [5, 5.41) is 2.18. The first-order valence-corrected chi connectivity index (χ1v) is 17.1. The van der Waals surface area contributed by atoms with Crippen LogP contribution < -0.4 is 0 Å². The molecular weight excluding hydrogens is 805 g/mol. The van der Waals surface area contributed by atoms with Crippen molar-refractivity contribution in [3.05, 3.63) is 143 Å². The van der Waals surface area contributed by atoms with Crippen LogP contribution in [0.4, 0.5) is 0 Å². The summed E-state index contributed by atoms with van der Waals surface area (Å²) in [5.74, 6) is 1.52. The number of furan rings is 1. The van der Waals surface area contributed by atoms with E-state index in [1.165, 1.54) is 23.0 Å². The predicted octanol–water partition coefficient (Wildman–Crippen LogP) is 11.8. The van der Waals surface area contributed by atoms with Crippen molar-refractivity contribution in [1.29, 1.82) is 0 Å². The number of rotatable bonds is 5. The van der Waals surface area contributed by atoms with Gasteiger partial charge in [0.2, 0.25) is 0 Å². The summed E-state index contributed by atoms with van der Waals surface area (Å²) in [7, 11) is 0. The Labute approximate surface area is 318 Å². The third kappa shape index (κ3) is 6.67. The van der Waals surface area contributed by atoms with Crippen molar-refractivity contribution in [2.75, 3.05) is 0 Å². The number of hydrogen-bond acceptors (Lipinski definition) is 4. The van der Waals surface area contributed by atoms with Crippen LogP contribution >= 0.6 is 0 Å². The fourth-order valence-electron chi connectivity index (χ4n) is 6.69. The average Bonchev–Trinajstić information content (AvgIpc) is 3.74. The standard InChI is InChI=1S/C33H32N3O.C12H10N.Ir/c1-18(2)23-13-10-14-24(19(3)4)31(23)36-30-22(7)34-21(6)20(5)29(30)35-33(36)27-16-11-15-26-25-12-8-9-17-28(25)37-32(26)27;1-10-7-8-12(13-9-10)11-5-3-2-4-6-11;/h8-15,17-19H,1-7H3;2-5,7-9H,1H3;/q2*-1;/i;1D3;. The Morgan fingerprint density at radius 1 is 0.745 bits per heavy atom. The molecule has 259 valence electrons. The number of hydrogen-bond donors (Lipinski definition) is 0. The monoisotopic (exact) mass is 850 g/mol. The van der Waals surface area contributed by atoms with Gasteiger partial charge in [-0.15, -0.1) is 54.1 Å². The number of aromatic nitrogens is 4. The van der Waals surface area contributed by atoms with Gasteiger partial charge in [0, 0.05) is 47.2 Å². The quantitative estimate of drug-likeness (QED) is 0.162. The molecule has 4 heterocycles. The van der Waals surface area contributed by atoms with Crippen LogP contribution in [0.15, 0.2) is 102 Å². The summed E-state index contributed by atoms with van der Waals surface area (Å²) in [5.41, 5.74) is 13.3. The van der Waals surface area contributed by atoms with Crippen molar-refractivity contribution in [3.63, 3.8) is 0 Å². The molecule has 0 aliphatic heterocycles. The van der Waals surface area contributed by atoms with Crippen LogP contribution in [0.2, 0.25) is 0 Å². The van der Waals surface area contributed by atoms with Crippen molar-refractivity contribution in [3.8, 4) is 28.3 Å². The van der Waals surface area contributed by atoms with E-state index in [1.54, 1.807) is 18.2 Å². The summed E-state index contributed by atoms with van der Waals surface area (Å²) in [4.78, 5) is 14.4. The second kappa shape index (κ2) is 14.8. The zero-order valence-electron chi connectivity index (χ0n) is 32.9. The van der Waals surface area contributed by atoms with E-state index in [9.17, 15) is 0 Å². The first-order chi connectivity index (χ1) is 25.3. The van der Waals surface area contributed by atoms with Gasteiger partial charge in [-0.25, -0.2) is 0 Å². The zero-order chi connectivity index (χ0) is 37.6. The van der Waals surface area contributed by atoms with Gasteiger partial charge in [-0.05, 0) is 73.5 Å². The Balaban J connectivity index is 0.000000246. The summed E-state index contributed by atoms with van der Waals surface area (Å²) in [6.07, 6.45) is 1.39. The summed E-state index contributed by atoms with van der Waals surface area (Å²) in [6.45, 7) is 13.2. The molecule has 0 atom stereocenters. The Morgan fingerprint density at radius 2 is 1.49 bits per heavy atom. The topological polar surface area (TPSA) is 56.7 Å². The van der Waals surface area contributed by atoms with Crippen LogP contribution in [0.1, 0.15) is 77.3 Å². The minimum Gasteiger partial charge on any atom is -0.501 e. The Bertz CT molecular complexity index is 2560. The van der Waals surface area contributed by atoms with Gasteiger partial charge in [-0.3, -0.25) is 9.97 Å². The van der Waals surface area contributed by atoms with Gasteiger partial charge in [0.15, 0.2) is 0 Å². The minimum absolute atomic E-state index is 0. The number of para-hydroxylation sites is 2. The van der Waals surface area contributed by atoms with E-state index in [0.717, 1.165) is 72.6 Å². The van der Waals surface area contributed by atoms with Crippen LogP contribution in [-0.2, 0) is 20.1 Å². The molecule has 6 heteroatoms. The molecule has 8 rings (SSSR count). The molecule has 0 saturated carbocycles. The van der Waals surface area contributed by atoms with Gasteiger partial charge in [-0.2, -0.15) is 0 Å². The Morgan fingerprint density at radius 3 is 2.16 bits per heavy atom. The van der Waals surface area contributed by atoms with E-state index in [4.69, 9.17) is 18.5 Å². The second-order valence-corrected chi connectivity index (χ2v) is 13.4. The van der Waals surface area contributed by atoms with Gasteiger partial charge in [-0.1, -0.05) is 87.2 Å². The van der Waals surface area contributed by atoms with Gasteiger partial charge in [0.25, 0.3) is 0 Å². The maximum atomic E-state index is 7.23. The maximum Gasteiger partial charge on any atom is 0.120 e. The Kier molecular flexibility index (Phi) is 9.27. The first kappa shape index (κ1) is 32.0.